The van der Waals surface area contributed by atoms with E-state index < -0.39 is 0 Å². The van der Waals surface area contributed by atoms with E-state index in [0.29, 0.717) is 0 Å². The first-order chi connectivity index (χ1) is 17.7. The van der Waals surface area contributed by atoms with Crippen molar-refractivity contribution in [2.24, 2.45) is 5.41 Å². The van der Waals surface area contributed by atoms with Crippen LogP contribution in [0.4, 0.5) is 0 Å². The molecule has 1 fully saturated rings. The first kappa shape index (κ1) is 32.4. The van der Waals surface area contributed by atoms with E-state index in [2.05, 4.69) is 119 Å². The fourth-order valence-electron chi connectivity index (χ4n) is 6.92. The lowest BCUT2D eigenvalue weighted by Crippen LogP contribution is -2.42. The molecule has 0 atom stereocenters. The standard InChI is InChI=1S/C17H22.C16H24.C3H8.C2H6/c1-4-11(2)15-10-17-14-7-5-13(6-8-14)16(17)9-12(15)3;1-11-8-9-12-13(10-11)15(4,5)16(6,7)14(12,2)3;1-3-2;1-2/h4,9-10,13-14H,5-8H2,1-3H3;8-10H,1-7H3;3H2,1-2H3;1-2H3/b11-4-;;;. The van der Waals surface area contributed by atoms with E-state index in [1.165, 1.54) is 59.9 Å². The number of hydrogen-bond donors (Lipinski definition) is 0. The maximum Gasteiger partial charge on any atom is -0.00411 e. The molecule has 38 heavy (non-hydrogen) atoms. The molecule has 0 amide bonds. The summed E-state index contributed by atoms with van der Waals surface area (Å²) in [5.74, 6) is 1.73. The molecule has 0 heteroatoms. The normalized spacial score (nSPS) is 22.9. The molecule has 0 N–H and O–H groups in total. The van der Waals surface area contributed by atoms with E-state index in [1.54, 1.807) is 16.7 Å². The lowest BCUT2D eigenvalue weighted by atomic mass is 9.59. The highest BCUT2D eigenvalue weighted by molar-refractivity contribution is 5.68. The molecule has 4 aliphatic rings. The second kappa shape index (κ2) is 12.6. The molecular weight excluding hydrogens is 456 g/mol. The van der Waals surface area contributed by atoms with Crippen LogP contribution in [0.2, 0.25) is 0 Å². The van der Waals surface area contributed by atoms with Gasteiger partial charge in [-0.05, 0) is 120 Å². The molecule has 0 heterocycles. The summed E-state index contributed by atoms with van der Waals surface area (Å²) in [6.07, 6.45) is 9.19. The summed E-state index contributed by atoms with van der Waals surface area (Å²) >= 11 is 0. The molecule has 2 aromatic carbocycles. The third-order valence-corrected chi connectivity index (χ3v) is 10.5. The van der Waals surface area contributed by atoms with Gasteiger partial charge in [0.05, 0.1) is 0 Å². The Bertz CT molecular complexity index is 1100. The number of fused-ring (bicyclic) bond motifs is 3. The van der Waals surface area contributed by atoms with Gasteiger partial charge in [-0.2, -0.15) is 0 Å². The van der Waals surface area contributed by atoms with Gasteiger partial charge in [0.1, 0.15) is 0 Å². The van der Waals surface area contributed by atoms with E-state index >= 15 is 0 Å². The number of rotatable bonds is 1. The topological polar surface area (TPSA) is 0 Å². The van der Waals surface area contributed by atoms with Crippen molar-refractivity contribution in [1.82, 2.24) is 0 Å². The summed E-state index contributed by atoms with van der Waals surface area (Å²) in [6, 6.07) is 11.9. The average Bonchev–Trinajstić information content (AvgIpc) is 2.99. The van der Waals surface area contributed by atoms with Crippen LogP contribution in [0.1, 0.15) is 166 Å². The number of aryl methyl sites for hydroxylation is 2. The maximum absolute atomic E-state index is 2.50. The molecule has 0 spiro atoms. The molecule has 0 unspecified atom stereocenters. The molecule has 4 aliphatic carbocycles. The average molecular weight is 517 g/mol. The van der Waals surface area contributed by atoms with Crippen molar-refractivity contribution in [1.29, 1.82) is 0 Å². The largest absolute Gasteiger partial charge is 0.0841 e. The molecule has 0 aromatic heterocycles. The van der Waals surface area contributed by atoms with Gasteiger partial charge in [0, 0.05) is 0 Å². The molecule has 2 aromatic rings. The molecule has 0 radical (unpaired) electrons. The zero-order chi connectivity index (χ0) is 29.1. The number of hydrogen-bond acceptors (Lipinski definition) is 0. The Morgan fingerprint density at radius 1 is 0.763 bits per heavy atom. The summed E-state index contributed by atoms with van der Waals surface area (Å²) in [7, 11) is 0. The summed E-state index contributed by atoms with van der Waals surface area (Å²) < 4.78 is 0. The van der Waals surface area contributed by atoms with Crippen LogP contribution >= 0.6 is 0 Å². The SMILES string of the molecule is C/C=C(/C)c1cc2c(cc1C)C1CCC2CC1.CC.CCC.Cc1ccc2c(c1)C(C)(C)C(C)(C)C2(C)C. The van der Waals surface area contributed by atoms with Crippen LogP contribution in [0.15, 0.2) is 36.4 Å². The minimum absolute atomic E-state index is 0.248. The summed E-state index contributed by atoms with van der Waals surface area (Å²) in [4.78, 5) is 0. The molecule has 2 bridgehead atoms. The van der Waals surface area contributed by atoms with Crippen LogP contribution in [0, 0.1) is 19.3 Å². The van der Waals surface area contributed by atoms with Crippen LogP contribution in [-0.2, 0) is 10.8 Å². The second-order valence-electron chi connectivity index (χ2n) is 13.4. The monoisotopic (exact) mass is 516 g/mol. The van der Waals surface area contributed by atoms with Gasteiger partial charge in [0.25, 0.3) is 0 Å². The Morgan fingerprint density at radius 2 is 1.21 bits per heavy atom. The van der Waals surface area contributed by atoms with Crippen LogP contribution in [0.3, 0.4) is 0 Å². The first-order valence-electron chi connectivity index (χ1n) is 15.6. The Morgan fingerprint density at radius 3 is 1.68 bits per heavy atom. The number of benzene rings is 2. The fraction of sp³-hybridized carbons (Fsp3) is 0.632. The zero-order valence-corrected chi connectivity index (χ0v) is 27.7. The van der Waals surface area contributed by atoms with Gasteiger partial charge in [-0.25, -0.2) is 0 Å². The van der Waals surface area contributed by atoms with Crippen LogP contribution in [-0.4, -0.2) is 0 Å². The fourth-order valence-corrected chi connectivity index (χ4v) is 6.92. The molecule has 0 nitrogen and oxygen atoms in total. The van der Waals surface area contributed by atoms with Crippen LogP contribution in [0.25, 0.3) is 5.57 Å². The van der Waals surface area contributed by atoms with E-state index in [1.807, 2.05) is 13.8 Å². The molecule has 0 aliphatic heterocycles. The van der Waals surface area contributed by atoms with Crippen molar-refractivity contribution in [2.75, 3.05) is 0 Å². The Balaban J connectivity index is 0.000000229. The third kappa shape index (κ3) is 5.71. The van der Waals surface area contributed by atoms with Crippen molar-refractivity contribution < 1.29 is 0 Å². The zero-order valence-electron chi connectivity index (χ0n) is 27.7. The molecule has 0 saturated heterocycles. The predicted octanol–water partition coefficient (Wildman–Crippen LogP) is 12.2. The Labute approximate surface area is 237 Å². The highest BCUT2D eigenvalue weighted by Gasteiger charge is 2.56. The summed E-state index contributed by atoms with van der Waals surface area (Å²) in [5.41, 5.74) is 13.0. The van der Waals surface area contributed by atoms with E-state index in [-0.39, 0.29) is 16.2 Å². The van der Waals surface area contributed by atoms with Gasteiger partial charge in [0.2, 0.25) is 0 Å². The predicted molar refractivity (Wildman–Crippen MR) is 173 cm³/mol. The third-order valence-electron chi connectivity index (χ3n) is 10.5. The lowest BCUT2D eigenvalue weighted by Gasteiger charge is -2.44. The van der Waals surface area contributed by atoms with E-state index in [9.17, 15) is 0 Å². The summed E-state index contributed by atoms with van der Waals surface area (Å²) in [6.45, 7) is 31.4. The number of allylic oxidation sites excluding steroid dienone is 2. The van der Waals surface area contributed by atoms with Gasteiger partial charge in [0.15, 0.2) is 0 Å². The minimum Gasteiger partial charge on any atom is -0.0841 e. The molecular formula is C38H60. The van der Waals surface area contributed by atoms with Gasteiger partial charge in [-0.1, -0.05) is 118 Å². The first-order valence-corrected chi connectivity index (χ1v) is 15.6. The van der Waals surface area contributed by atoms with Gasteiger partial charge < -0.3 is 0 Å². The van der Waals surface area contributed by atoms with E-state index in [4.69, 9.17) is 0 Å². The highest BCUT2D eigenvalue weighted by atomic mass is 14.6. The molecule has 212 valence electrons. The second-order valence-corrected chi connectivity index (χ2v) is 13.4. The van der Waals surface area contributed by atoms with Crippen molar-refractivity contribution in [2.45, 2.75) is 152 Å². The molecule has 1 saturated carbocycles. The Kier molecular flexibility index (Phi) is 10.7. The van der Waals surface area contributed by atoms with Gasteiger partial charge in [-0.15, -0.1) is 0 Å². The van der Waals surface area contributed by atoms with Crippen molar-refractivity contribution in [3.63, 3.8) is 0 Å². The quantitative estimate of drug-likeness (QED) is 0.353. The van der Waals surface area contributed by atoms with Gasteiger partial charge in [-0.3, -0.25) is 0 Å². The Hall–Kier alpha value is -1.82. The highest BCUT2D eigenvalue weighted by Crippen LogP contribution is 2.61. The van der Waals surface area contributed by atoms with Crippen molar-refractivity contribution in [3.8, 4) is 0 Å². The van der Waals surface area contributed by atoms with E-state index in [0.717, 1.165) is 11.8 Å². The van der Waals surface area contributed by atoms with Crippen molar-refractivity contribution >= 4 is 5.57 Å². The lowest BCUT2D eigenvalue weighted by molar-refractivity contribution is 0.125. The maximum atomic E-state index is 2.50. The van der Waals surface area contributed by atoms with Gasteiger partial charge >= 0.3 is 0 Å². The summed E-state index contributed by atoms with van der Waals surface area (Å²) in [5, 5.41) is 0. The minimum atomic E-state index is 0.248. The van der Waals surface area contributed by atoms with Crippen molar-refractivity contribution in [3.05, 3.63) is 75.4 Å². The van der Waals surface area contributed by atoms with Crippen LogP contribution in [0.5, 0.6) is 0 Å². The molecule has 6 rings (SSSR count). The van der Waals surface area contributed by atoms with Crippen LogP contribution < -0.4 is 0 Å². The smallest absolute Gasteiger partial charge is 0.00411 e.